The van der Waals surface area contributed by atoms with Crippen LogP contribution >= 0.6 is 0 Å². The molecule has 18 heavy (non-hydrogen) atoms. The van der Waals surface area contributed by atoms with Crippen molar-refractivity contribution in [3.63, 3.8) is 0 Å². The minimum atomic E-state index is -1.89. The normalized spacial score (nSPS) is 32.3. The molecule has 1 saturated heterocycles. The fourth-order valence-electron chi connectivity index (χ4n) is 2.30. The summed E-state index contributed by atoms with van der Waals surface area (Å²) >= 11 is 0. The Labute approximate surface area is 105 Å². The highest BCUT2D eigenvalue weighted by Crippen LogP contribution is 2.32. The number of carbonyl (C=O) groups is 2. The number of rotatable bonds is 4. The smallest absolute Gasteiger partial charge is 0.252 e. The van der Waals surface area contributed by atoms with Gasteiger partial charge in [0.15, 0.2) is 11.7 Å². The average molecular weight is 260 g/mol. The van der Waals surface area contributed by atoms with Gasteiger partial charge in [0.2, 0.25) is 5.91 Å². The quantitative estimate of drug-likeness (QED) is 0.475. The van der Waals surface area contributed by atoms with Crippen LogP contribution in [0.1, 0.15) is 26.2 Å². The van der Waals surface area contributed by atoms with Crippen LogP contribution in [0.3, 0.4) is 0 Å². The molecule has 104 valence electrons. The summed E-state index contributed by atoms with van der Waals surface area (Å²) in [6, 6.07) is 0. The number of nitrogens with two attached hydrogens (primary N) is 2. The maximum absolute atomic E-state index is 11.6. The van der Waals surface area contributed by atoms with E-state index in [1.54, 1.807) is 0 Å². The number of aliphatic hydroxyl groups is 2. The second-order valence-corrected chi connectivity index (χ2v) is 4.85. The molecule has 1 rings (SSSR count). The molecular weight excluding hydrogens is 240 g/mol. The lowest BCUT2D eigenvalue weighted by Gasteiger charge is -2.36. The van der Waals surface area contributed by atoms with Crippen molar-refractivity contribution in [3.8, 4) is 0 Å². The van der Waals surface area contributed by atoms with E-state index in [1.807, 2.05) is 6.92 Å². The summed E-state index contributed by atoms with van der Waals surface area (Å²) in [5.41, 5.74) is 8.45. The standard InChI is InChI=1S/C11H20N2O5/c1-6-3-2-4-18-11(5-6,10(13)17)8(15)7(14)9(12)16/h6-8,14-15H,2-5H2,1H3,(H2,12,16)(H2,13,17)/t6?,7-,8-,11+/m0/s1. The Bertz CT molecular complexity index is 335. The van der Waals surface area contributed by atoms with Gasteiger partial charge < -0.3 is 26.4 Å². The molecule has 0 aromatic rings. The summed E-state index contributed by atoms with van der Waals surface area (Å²) in [5, 5.41) is 19.5. The molecule has 0 saturated carbocycles. The summed E-state index contributed by atoms with van der Waals surface area (Å²) in [6.45, 7) is 2.12. The molecule has 0 radical (unpaired) electrons. The van der Waals surface area contributed by atoms with Crippen LogP contribution in [0, 0.1) is 5.92 Å². The molecule has 6 N–H and O–H groups in total. The minimum Gasteiger partial charge on any atom is -0.386 e. The Morgan fingerprint density at radius 3 is 2.50 bits per heavy atom. The highest BCUT2D eigenvalue weighted by atomic mass is 16.5. The number of amides is 2. The van der Waals surface area contributed by atoms with Gasteiger partial charge in [-0.2, -0.15) is 0 Å². The van der Waals surface area contributed by atoms with E-state index >= 15 is 0 Å². The maximum Gasteiger partial charge on any atom is 0.252 e. The lowest BCUT2D eigenvalue weighted by molar-refractivity contribution is -0.180. The summed E-state index contributed by atoms with van der Waals surface area (Å²) in [4.78, 5) is 22.5. The Morgan fingerprint density at radius 1 is 1.39 bits per heavy atom. The molecule has 1 aliphatic heterocycles. The Morgan fingerprint density at radius 2 is 2.00 bits per heavy atom. The minimum absolute atomic E-state index is 0.0785. The molecule has 7 nitrogen and oxygen atoms in total. The summed E-state index contributed by atoms with van der Waals surface area (Å²) in [6.07, 6.45) is -1.96. The lowest BCUT2D eigenvalue weighted by atomic mass is 9.82. The van der Waals surface area contributed by atoms with E-state index in [9.17, 15) is 19.8 Å². The van der Waals surface area contributed by atoms with Gasteiger partial charge >= 0.3 is 0 Å². The summed E-state index contributed by atoms with van der Waals surface area (Å²) in [7, 11) is 0. The summed E-state index contributed by atoms with van der Waals surface area (Å²) in [5.74, 6) is -1.94. The fourth-order valence-corrected chi connectivity index (χ4v) is 2.30. The van der Waals surface area contributed by atoms with Gasteiger partial charge in [0.05, 0.1) is 0 Å². The molecule has 2 amide bonds. The van der Waals surface area contributed by atoms with E-state index in [0.717, 1.165) is 12.8 Å². The maximum atomic E-state index is 11.6. The van der Waals surface area contributed by atoms with Crippen LogP contribution in [0.4, 0.5) is 0 Å². The fraction of sp³-hybridized carbons (Fsp3) is 0.818. The topological polar surface area (TPSA) is 136 Å². The van der Waals surface area contributed by atoms with E-state index in [1.165, 1.54) is 0 Å². The molecule has 1 fully saturated rings. The van der Waals surface area contributed by atoms with Crippen LogP contribution in [0.15, 0.2) is 0 Å². The number of hydrogen-bond donors (Lipinski definition) is 4. The Hall–Kier alpha value is -1.18. The highest BCUT2D eigenvalue weighted by molar-refractivity contribution is 5.87. The van der Waals surface area contributed by atoms with Crippen LogP contribution < -0.4 is 11.5 Å². The molecule has 0 bridgehead atoms. The highest BCUT2D eigenvalue weighted by Gasteiger charge is 2.51. The third-order valence-electron chi connectivity index (χ3n) is 3.34. The third kappa shape index (κ3) is 2.80. The molecule has 0 aromatic carbocycles. The second-order valence-electron chi connectivity index (χ2n) is 4.85. The number of aliphatic hydroxyl groups excluding tert-OH is 2. The molecule has 1 heterocycles. The molecule has 4 atom stereocenters. The zero-order valence-electron chi connectivity index (χ0n) is 10.3. The molecular formula is C11H20N2O5. The van der Waals surface area contributed by atoms with Gasteiger partial charge in [0.25, 0.3) is 5.91 Å². The monoisotopic (exact) mass is 260 g/mol. The van der Waals surface area contributed by atoms with Crippen molar-refractivity contribution in [1.82, 2.24) is 0 Å². The Balaban J connectivity index is 3.05. The van der Waals surface area contributed by atoms with Gasteiger partial charge in [-0.1, -0.05) is 6.92 Å². The van der Waals surface area contributed by atoms with Crippen LogP contribution in [-0.4, -0.2) is 46.4 Å². The lowest BCUT2D eigenvalue weighted by Crippen LogP contribution is -2.61. The number of carbonyl (C=O) groups excluding carboxylic acids is 2. The number of ether oxygens (including phenoxy) is 1. The van der Waals surface area contributed by atoms with Gasteiger partial charge in [0.1, 0.15) is 6.10 Å². The van der Waals surface area contributed by atoms with E-state index in [2.05, 4.69) is 0 Å². The van der Waals surface area contributed by atoms with E-state index in [4.69, 9.17) is 16.2 Å². The molecule has 0 aromatic heterocycles. The first-order chi connectivity index (χ1) is 8.31. The first-order valence-corrected chi connectivity index (χ1v) is 5.90. The third-order valence-corrected chi connectivity index (χ3v) is 3.34. The predicted molar refractivity (Wildman–Crippen MR) is 62.1 cm³/mol. The Kier molecular flexibility index (Phi) is 4.66. The average Bonchev–Trinajstić information content (AvgIpc) is 2.49. The summed E-state index contributed by atoms with van der Waals surface area (Å²) < 4.78 is 5.36. The molecule has 0 spiro atoms. The molecule has 1 unspecified atom stereocenters. The van der Waals surface area contributed by atoms with Gasteiger partial charge in [-0.3, -0.25) is 9.59 Å². The van der Waals surface area contributed by atoms with Crippen molar-refractivity contribution < 1.29 is 24.5 Å². The van der Waals surface area contributed by atoms with Crippen molar-refractivity contribution in [2.45, 2.75) is 44.0 Å². The van der Waals surface area contributed by atoms with Crippen molar-refractivity contribution in [2.24, 2.45) is 17.4 Å². The first-order valence-electron chi connectivity index (χ1n) is 5.90. The predicted octanol–water partition coefficient (Wildman–Crippen LogP) is -1.75. The second kappa shape index (κ2) is 5.64. The SMILES string of the molecule is CC1CCCO[C@@](C(N)=O)([C@@H](O)[C@H](O)C(N)=O)C1. The first kappa shape index (κ1) is 14.9. The zero-order chi connectivity index (χ0) is 13.9. The van der Waals surface area contributed by atoms with Gasteiger partial charge in [-0.25, -0.2) is 0 Å². The molecule has 7 heteroatoms. The van der Waals surface area contributed by atoms with Crippen molar-refractivity contribution >= 4 is 11.8 Å². The van der Waals surface area contributed by atoms with Crippen LogP contribution in [0.25, 0.3) is 0 Å². The van der Waals surface area contributed by atoms with Crippen molar-refractivity contribution in [2.75, 3.05) is 6.61 Å². The largest absolute Gasteiger partial charge is 0.386 e. The van der Waals surface area contributed by atoms with Gasteiger partial charge in [-0.05, 0) is 25.2 Å². The number of primary amides is 2. The number of hydrogen-bond acceptors (Lipinski definition) is 5. The molecule has 1 aliphatic rings. The van der Waals surface area contributed by atoms with E-state index < -0.39 is 29.6 Å². The van der Waals surface area contributed by atoms with E-state index in [0.29, 0.717) is 0 Å². The van der Waals surface area contributed by atoms with Gasteiger partial charge in [0, 0.05) is 6.61 Å². The zero-order valence-corrected chi connectivity index (χ0v) is 10.3. The van der Waals surface area contributed by atoms with Crippen molar-refractivity contribution in [1.29, 1.82) is 0 Å². The van der Waals surface area contributed by atoms with Gasteiger partial charge in [-0.15, -0.1) is 0 Å². The van der Waals surface area contributed by atoms with Crippen molar-refractivity contribution in [3.05, 3.63) is 0 Å². The van der Waals surface area contributed by atoms with Crippen LogP contribution in [0.2, 0.25) is 0 Å². The van der Waals surface area contributed by atoms with Crippen LogP contribution in [0.5, 0.6) is 0 Å². The van der Waals surface area contributed by atoms with Crippen LogP contribution in [-0.2, 0) is 14.3 Å². The molecule has 0 aliphatic carbocycles. The van der Waals surface area contributed by atoms with E-state index in [-0.39, 0.29) is 18.9 Å².